The van der Waals surface area contributed by atoms with Gasteiger partial charge in [0.15, 0.2) is 0 Å². The van der Waals surface area contributed by atoms with Gasteiger partial charge < -0.3 is 19.6 Å². The number of fused-ring (bicyclic) bond motifs is 1. The number of rotatable bonds is 5. The van der Waals surface area contributed by atoms with E-state index in [0.29, 0.717) is 27.6 Å². The molecule has 5 aromatic rings. The molecule has 0 unspecified atom stereocenters. The summed E-state index contributed by atoms with van der Waals surface area (Å²) in [4.78, 5) is 32.6. The number of nitrogens with one attached hydrogen (secondary N) is 2. The van der Waals surface area contributed by atoms with Crippen LogP contribution >= 0.6 is 23.2 Å². The van der Waals surface area contributed by atoms with Crippen LogP contribution in [0, 0.1) is 0 Å². The lowest BCUT2D eigenvalue weighted by molar-refractivity contribution is 0.0690. The number of benzene rings is 2. The van der Waals surface area contributed by atoms with E-state index in [2.05, 4.69) is 20.4 Å². The van der Waals surface area contributed by atoms with Crippen molar-refractivity contribution in [2.75, 3.05) is 5.32 Å². The third-order valence-electron chi connectivity index (χ3n) is 4.91. The van der Waals surface area contributed by atoms with Gasteiger partial charge in [0, 0.05) is 23.2 Å². The van der Waals surface area contributed by atoms with Crippen molar-refractivity contribution in [3.8, 4) is 17.0 Å². The first-order chi connectivity index (χ1) is 16.5. The molecule has 0 aliphatic rings. The van der Waals surface area contributed by atoms with Crippen molar-refractivity contribution in [2.24, 2.45) is 0 Å². The Morgan fingerprint density at radius 1 is 1.00 bits per heavy atom. The molecule has 0 saturated carbocycles. The number of carbonyl (C=O) groups is 2. The second kappa shape index (κ2) is 9.01. The minimum Gasteiger partial charge on any atom is -0.421 e. The van der Waals surface area contributed by atoms with Gasteiger partial charge in [0.1, 0.15) is 17.1 Å². The monoisotopic (exact) mass is 492 g/mol. The van der Waals surface area contributed by atoms with Gasteiger partial charge in [-0.15, -0.1) is 0 Å². The van der Waals surface area contributed by atoms with Gasteiger partial charge >= 0.3 is 5.97 Å². The number of esters is 1. The fraction of sp³-hybridized carbons (Fsp3) is 0. The van der Waals surface area contributed by atoms with Gasteiger partial charge in [-0.25, -0.2) is 9.78 Å². The Morgan fingerprint density at radius 3 is 2.71 bits per heavy atom. The van der Waals surface area contributed by atoms with E-state index in [1.807, 2.05) is 6.07 Å². The molecule has 0 saturated heterocycles. The predicted octanol–water partition coefficient (Wildman–Crippen LogP) is 6.00. The maximum Gasteiger partial charge on any atom is 0.382 e. The molecule has 34 heavy (non-hydrogen) atoms. The van der Waals surface area contributed by atoms with E-state index >= 15 is 0 Å². The molecular weight excluding hydrogens is 479 g/mol. The summed E-state index contributed by atoms with van der Waals surface area (Å²) >= 11 is 12.4. The lowest BCUT2D eigenvalue weighted by Crippen LogP contribution is -2.14. The van der Waals surface area contributed by atoms with Gasteiger partial charge in [0.05, 0.1) is 27.5 Å². The van der Waals surface area contributed by atoms with Crippen molar-refractivity contribution >= 4 is 51.8 Å². The smallest absolute Gasteiger partial charge is 0.382 e. The largest absolute Gasteiger partial charge is 0.421 e. The van der Waals surface area contributed by atoms with Crippen molar-refractivity contribution < 1.29 is 18.8 Å². The fourth-order valence-corrected chi connectivity index (χ4v) is 3.71. The predicted molar refractivity (Wildman–Crippen MR) is 127 cm³/mol. The van der Waals surface area contributed by atoms with E-state index in [0.717, 1.165) is 5.39 Å². The zero-order chi connectivity index (χ0) is 23.7. The fourth-order valence-electron chi connectivity index (χ4n) is 3.27. The molecule has 0 radical (unpaired) electrons. The first-order valence-electron chi connectivity index (χ1n) is 9.96. The molecule has 168 valence electrons. The number of anilines is 1. The van der Waals surface area contributed by atoms with Crippen molar-refractivity contribution in [3.63, 3.8) is 0 Å². The summed E-state index contributed by atoms with van der Waals surface area (Å²) in [7, 11) is 0. The highest BCUT2D eigenvalue weighted by molar-refractivity contribution is 6.34. The topological polar surface area (TPSA) is 110 Å². The van der Waals surface area contributed by atoms with Crippen LogP contribution in [0.1, 0.15) is 20.9 Å². The lowest BCUT2D eigenvalue weighted by atomic mass is 10.1. The maximum atomic E-state index is 12.8. The van der Waals surface area contributed by atoms with Gasteiger partial charge in [0.2, 0.25) is 5.76 Å². The number of hydrogen-bond donors (Lipinski definition) is 2. The lowest BCUT2D eigenvalue weighted by Gasteiger charge is -2.09. The molecule has 8 nitrogen and oxygen atoms in total. The molecule has 2 aromatic carbocycles. The number of aromatic nitrogens is 3. The quantitative estimate of drug-likeness (QED) is 0.230. The number of halogens is 2. The normalized spacial score (nSPS) is 10.9. The molecule has 3 aromatic heterocycles. The molecule has 2 N–H and O–H groups in total. The van der Waals surface area contributed by atoms with E-state index < -0.39 is 11.9 Å². The number of hydrogen-bond acceptors (Lipinski definition) is 6. The molecule has 0 aliphatic carbocycles. The molecule has 0 bridgehead atoms. The van der Waals surface area contributed by atoms with Crippen LogP contribution in [0.25, 0.3) is 22.3 Å². The number of carbonyl (C=O) groups excluding carboxylic acids is 2. The summed E-state index contributed by atoms with van der Waals surface area (Å²) < 4.78 is 10.5. The SMILES string of the molecule is O=C(Oc1ccc(Cl)c(C(=O)Nc2cnc3[nH]ccc3c2)c1)c1cc(-c2ccccc2Cl)no1. The van der Waals surface area contributed by atoms with Crippen molar-refractivity contribution in [1.82, 2.24) is 15.1 Å². The van der Waals surface area contributed by atoms with E-state index in [9.17, 15) is 9.59 Å². The van der Waals surface area contributed by atoms with Crippen LogP contribution in [0.2, 0.25) is 10.0 Å². The highest BCUT2D eigenvalue weighted by atomic mass is 35.5. The minimum absolute atomic E-state index is 0.106. The Morgan fingerprint density at radius 2 is 1.85 bits per heavy atom. The highest BCUT2D eigenvalue weighted by Gasteiger charge is 2.19. The average Bonchev–Trinajstić information content (AvgIpc) is 3.50. The Hall–Kier alpha value is -4.14. The Bertz CT molecular complexity index is 1540. The Kier molecular flexibility index (Phi) is 5.75. The third kappa shape index (κ3) is 4.36. The standard InChI is InChI=1S/C24H14Cl2N4O4/c25-18-4-2-1-3-16(18)20-11-21(34-30-20)24(32)33-15-5-6-19(26)17(10-15)23(31)29-14-9-13-7-8-27-22(13)28-12-14/h1-12H,(H,27,28)(H,29,31). The van der Waals surface area contributed by atoms with Crippen LogP contribution in [0.4, 0.5) is 5.69 Å². The van der Waals surface area contributed by atoms with Crippen LogP contribution < -0.4 is 10.1 Å². The first kappa shape index (κ1) is 21.7. The number of nitrogens with zero attached hydrogens (tertiary/aromatic N) is 2. The molecule has 10 heteroatoms. The summed E-state index contributed by atoms with van der Waals surface area (Å²) in [5.41, 5.74) is 2.32. The van der Waals surface area contributed by atoms with E-state index in [1.54, 1.807) is 36.5 Å². The second-order valence-corrected chi connectivity index (χ2v) is 8.00. The molecule has 1 amide bonds. The first-order valence-corrected chi connectivity index (χ1v) is 10.7. The number of aromatic amines is 1. The third-order valence-corrected chi connectivity index (χ3v) is 5.57. The number of amides is 1. The molecule has 0 atom stereocenters. The van der Waals surface area contributed by atoms with Gasteiger partial charge in [-0.2, -0.15) is 0 Å². The maximum absolute atomic E-state index is 12.8. The van der Waals surface area contributed by atoms with Crippen molar-refractivity contribution in [3.05, 3.63) is 94.4 Å². The van der Waals surface area contributed by atoms with Crippen molar-refractivity contribution in [1.29, 1.82) is 0 Å². The average molecular weight is 493 g/mol. The summed E-state index contributed by atoms with van der Waals surface area (Å²) in [6.45, 7) is 0. The Balaban J connectivity index is 1.33. The molecular formula is C24H14Cl2N4O4. The van der Waals surface area contributed by atoms with Gasteiger partial charge in [0.25, 0.3) is 5.91 Å². The zero-order valence-electron chi connectivity index (χ0n) is 17.2. The van der Waals surface area contributed by atoms with Crippen molar-refractivity contribution in [2.45, 2.75) is 0 Å². The number of pyridine rings is 1. The van der Waals surface area contributed by atoms with E-state index in [-0.39, 0.29) is 22.1 Å². The summed E-state index contributed by atoms with van der Waals surface area (Å²) in [5, 5.41) is 8.12. The second-order valence-electron chi connectivity index (χ2n) is 7.18. The molecule has 0 aliphatic heterocycles. The van der Waals surface area contributed by atoms with Gasteiger partial charge in [-0.3, -0.25) is 4.79 Å². The van der Waals surface area contributed by atoms with Crippen LogP contribution in [0.5, 0.6) is 5.75 Å². The van der Waals surface area contributed by atoms with Gasteiger partial charge in [-0.05, 0) is 36.4 Å². The van der Waals surface area contributed by atoms with Crippen LogP contribution in [-0.2, 0) is 0 Å². The van der Waals surface area contributed by atoms with Crippen LogP contribution in [0.15, 0.2) is 77.6 Å². The minimum atomic E-state index is -0.790. The van der Waals surface area contributed by atoms with E-state index in [1.165, 1.54) is 30.5 Å². The summed E-state index contributed by atoms with van der Waals surface area (Å²) in [6.07, 6.45) is 3.28. The summed E-state index contributed by atoms with van der Waals surface area (Å²) in [6, 6.07) is 16.4. The van der Waals surface area contributed by atoms with Gasteiger partial charge in [-0.1, -0.05) is 46.6 Å². The van der Waals surface area contributed by atoms with E-state index in [4.69, 9.17) is 32.5 Å². The molecule has 0 fully saturated rings. The highest BCUT2D eigenvalue weighted by Crippen LogP contribution is 2.28. The molecule has 0 spiro atoms. The van der Waals surface area contributed by atoms with Crippen LogP contribution in [-0.4, -0.2) is 27.0 Å². The van der Waals surface area contributed by atoms with Crippen LogP contribution in [0.3, 0.4) is 0 Å². The molecule has 5 rings (SSSR count). The summed E-state index contributed by atoms with van der Waals surface area (Å²) in [5.74, 6) is -1.29. The number of ether oxygens (including phenoxy) is 1. The zero-order valence-corrected chi connectivity index (χ0v) is 18.7. The molecule has 3 heterocycles. The Labute approximate surface area is 202 Å². The number of H-pyrrole nitrogens is 1.